The van der Waals surface area contributed by atoms with Crippen LogP contribution >= 0.6 is 0 Å². The van der Waals surface area contributed by atoms with Gasteiger partial charge in [-0.05, 0) is 70.3 Å². The highest BCUT2D eigenvalue weighted by atomic mass is 16.3. The van der Waals surface area contributed by atoms with Gasteiger partial charge in [-0.3, -0.25) is 9.80 Å². The number of hydrogen-bond acceptors (Lipinski definition) is 4. The summed E-state index contributed by atoms with van der Waals surface area (Å²) in [7, 11) is 0. The van der Waals surface area contributed by atoms with Gasteiger partial charge >= 0.3 is 0 Å². The number of nitrogens with zero attached hydrogens (tertiary/aromatic N) is 2. The van der Waals surface area contributed by atoms with E-state index in [1.54, 1.807) is 5.57 Å². The van der Waals surface area contributed by atoms with Crippen LogP contribution in [0.5, 0.6) is 0 Å². The Bertz CT molecular complexity index is 843. The van der Waals surface area contributed by atoms with E-state index < -0.39 is 6.10 Å². The van der Waals surface area contributed by atoms with E-state index in [4.69, 9.17) is 0 Å². The van der Waals surface area contributed by atoms with Gasteiger partial charge in [0.1, 0.15) is 0 Å². The summed E-state index contributed by atoms with van der Waals surface area (Å²) >= 11 is 0. The summed E-state index contributed by atoms with van der Waals surface area (Å²) in [6.07, 6.45) is 29.6. The highest BCUT2D eigenvalue weighted by molar-refractivity contribution is 5.31. The second-order valence-electron chi connectivity index (χ2n) is 11.3. The van der Waals surface area contributed by atoms with Crippen molar-refractivity contribution in [3.8, 4) is 0 Å². The number of hydrogen-bond donors (Lipinski definition) is 2. The molecule has 4 heteroatoms. The van der Waals surface area contributed by atoms with Crippen molar-refractivity contribution in [2.24, 2.45) is 17.3 Å². The smallest absolute Gasteiger partial charge is 0.0847 e. The second-order valence-corrected chi connectivity index (χ2v) is 11.3. The van der Waals surface area contributed by atoms with E-state index in [2.05, 4.69) is 58.4 Å². The van der Waals surface area contributed by atoms with E-state index >= 15 is 0 Å². The Morgan fingerprint density at radius 1 is 0.824 bits per heavy atom. The van der Waals surface area contributed by atoms with Crippen LogP contribution in [0.4, 0.5) is 0 Å². The van der Waals surface area contributed by atoms with Crippen molar-refractivity contribution in [2.75, 3.05) is 32.7 Å². The Kier molecular flexibility index (Phi) is 7.90. The Morgan fingerprint density at radius 3 is 2.53 bits per heavy atom. The van der Waals surface area contributed by atoms with Gasteiger partial charge in [-0.1, -0.05) is 60.3 Å². The minimum absolute atomic E-state index is 0.0575. The number of fused-ring (bicyclic) bond motifs is 1. The molecule has 5 aliphatic heterocycles. The first-order chi connectivity index (χ1) is 16.7. The molecule has 0 saturated carbocycles. The summed E-state index contributed by atoms with van der Waals surface area (Å²) in [5.41, 5.74) is 1.68. The predicted octanol–water partition coefficient (Wildman–Crippen LogP) is 4.63. The fraction of sp³-hybridized carbons (Fsp3) is 0.667. The van der Waals surface area contributed by atoms with Crippen LogP contribution in [0.3, 0.4) is 0 Å². The van der Waals surface area contributed by atoms with Crippen LogP contribution in [0.2, 0.25) is 0 Å². The average molecular weight is 465 g/mol. The molecule has 1 spiro atoms. The van der Waals surface area contributed by atoms with E-state index in [0.29, 0.717) is 31.0 Å². The maximum Gasteiger partial charge on any atom is 0.0847 e. The highest BCUT2D eigenvalue weighted by Crippen LogP contribution is 2.57. The molecule has 0 aromatic carbocycles. The minimum atomic E-state index is -0.487. The standard InChI is InChI=1S/C30H44N2O2/c33-26-16-12-8-4-2-1-3-7-11-15-24-19-25-20-32-18-14-10-6-5-9-13-17-30(29(24)32)23-31(21-26)22-27(34)28(25)30/h2-5,7,9,12,16,19,25-29,33-34H,1,6,8,10-11,13-15,17-18,20-23H2/b4-2-,7-3+,9-5+,16-12+/t25-,26+,27-,28+,29-,30+/m1/s1. The topological polar surface area (TPSA) is 46.9 Å². The lowest BCUT2D eigenvalue weighted by Crippen LogP contribution is -2.72. The predicted molar refractivity (Wildman–Crippen MR) is 139 cm³/mol. The summed E-state index contributed by atoms with van der Waals surface area (Å²) in [5.74, 6) is 0.776. The van der Waals surface area contributed by atoms with Crippen molar-refractivity contribution in [1.29, 1.82) is 0 Å². The average Bonchev–Trinajstić information content (AvgIpc) is 2.83. The van der Waals surface area contributed by atoms with Crippen molar-refractivity contribution < 1.29 is 10.2 Å². The molecule has 2 fully saturated rings. The first-order valence-electron chi connectivity index (χ1n) is 13.8. The third-order valence-electron chi connectivity index (χ3n) is 8.93. The third-order valence-corrected chi connectivity index (χ3v) is 8.93. The Morgan fingerprint density at radius 2 is 1.62 bits per heavy atom. The summed E-state index contributed by atoms with van der Waals surface area (Å²) in [5, 5.41) is 22.3. The zero-order valence-electron chi connectivity index (χ0n) is 20.8. The summed E-state index contributed by atoms with van der Waals surface area (Å²) in [4.78, 5) is 5.18. The summed E-state index contributed by atoms with van der Waals surface area (Å²) in [6, 6.07) is 0.420. The fourth-order valence-corrected chi connectivity index (χ4v) is 7.81. The molecule has 0 aromatic heterocycles. The summed E-state index contributed by atoms with van der Waals surface area (Å²) in [6.45, 7) is 4.56. The maximum absolute atomic E-state index is 11.6. The fourth-order valence-electron chi connectivity index (χ4n) is 7.81. The first kappa shape index (κ1) is 24.2. The minimum Gasteiger partial charge on any atom is -0.391 e. The summed E-state index contributed by atoms with van der Waals surface area (Å²) < 4.78 is 0. The van der Waals surface area contributed by atoms with E-state index in [9.17, 15) is 10.2 Å². The lowest BCUT2D eigenvalue weighted by atomic mass is 9.51. The molecule has 0 aromatic rings. The van der Waals surface area contributed by atoms with Crippen LogP contribution in [0.25, 0.3) is 0 Å². The van der Waals surface area contributed by atoms with Gasteiger partial charge in [-0.15, -0.1) is 0 Å². The molecule has 186 valence electrons. The lowest BCUT2D eigenvalue weighted by molar-refractivity contribution is -0.162. The van der Waals surface area contributed by atoms with Crippen LogP contribution in [-0.4, -0.2) is 71.0 Å². The molecule has 6 rings (SSSR count). The van der Waals surface area contributed by atoms with Gasteiger partial charge < -0.3 is 10.2 Å². The van der Waals surface area contributed by atoms with E-state index in [0.717, 1.165) is 51.6 Å². The molecule has 2 unspecified atom stereocenters. The molecule has 2 N–H and O–H groups in total. The number of piperidine rings is 2. The molecule has 2 saturated heterocycles. The van der Waals surface area contributed by atoms with Gasteiger partial charge in [0, 0.05) is 43.6 Å². The van der Waals surface area contributed by atoms with Crippen LogP contribution in [0.1, 0.15) is 57.8 Å². The highest BCUT2D eigenvalue weighted by Gasteiger charge is 2.61. The lowest BCUT2D eigenvalue weighted by Gasteiger charge is -2.65. The largest absolute Gasteiger partial charge is 0.391 e. The second kappa shape index (κ2) is 11.1. The molecular weight excluding hydrogens is 420 g/mol. The van der Waals surface area contributed by atoms with Crippen LogP contribution < -0.4 is 0 Å². The Hall–Kier alpha value is -1.46. The number of aliphatic hydroxyl groups excluding tert-OH is 2. The molecule has 6 bridgehead atoms. The number of rotatable bonds is 0. The van der Waals surface area contributed by atoms with Gasteiger partial charge in [0.2, 0.25) is 0 Å². The van der Waals surface area contributed by atoms with E-state index in [1.165, 1.54) is 25.8 Å². The zero-order chi connectivity index (χ0) is 23.4. The molecule has 1 aliphatic carbocycles. The Labute approximate surface area is 206 Å². The van der Waals surface area contributed by atoms with Crippen molar-refractivity contribution in [2.45, 2.75) is 76.0 Å². The zero-order valence-corrected chi connectivity index (χ0v) is 20.8. The van der Waals surface area contributed by atoms with Crippen LogP contribution in [-0.2, 0) is 0 Å². The third kappa shape index (κ3) is 5.06. The maximum atomic E-state index is 11.6. The molecule has 0 amide bonds. The van der Waals surface area contributed by atoms with Crippen molar-refractivity contribution in [1.82, 2.24) is 9.80 Å². The first-order valence-corrected chi connectivity index (χ1v) is 13.8. The monoisotopic (exact) mass is 464 g/mol. The molecule has 6 aliphatic rings. The molecule has 5 heterocycles. The van der Waals surface area contributed by atoms with Crippen molar-refractivity contribution >= 4 is 0 Å². The molecule has 34 heavy (non-hydrogen) atoms. The normalized spacial score (nSPS) is 47.0. The SMILES string of the molecule is O[C@@H]1CN2C[C@@H](O)/C=C/C/C=C\C/C=C/CCC3=C[C@@H]4CN5CCCC/C=C/CC[C@](C2)([C@H]14)[C@@H]35. The van der Waals surface area contributed by atoms with Gasteiger partial charge in [-0.25, -0.2) is 0 Å². The molecule has 0 radical (unpaired) electrons. The molecule has 4 nitrogen and oxygen atoms in total. The van der Waals surface area contributed by atoms with Crippen molar-refractivity contribution in [3.63, 3.8) is 0 Å². The number of allylic oxidation sites excluding steroid dienone is 7. The van der Waals surface area contributed by atoms with Crippen molar-refractivity contribution in [3.05, 3.63) is 60.3 Å². The van der Waals surface area contributed by atoms with Crippen LogP contribution in [0, 0.1) is 17.3 Å². The van der Waals surface area contributed by atoms with Gasteiger partial charge in [0.15, 0.2) is 0 Å². The quantitative estimate of drug-likeness (QED) is 0.513. The van der Waals surface area contributed by atoms with Gasteiger partial charge in [0.25, 0.3) is 0 Å². The van der Waals surface area contributed by atoms with Gasteiger partial charge in [0.05, 0.1) is 12.2 Å². The number of aliphatic hydroxyl groups is 2. The van der Waals surface area contributed by atoms with E-state index in [-0.39, 0.29) is 11.5 Å². The van der Waals surface area contributed by atoms with Crippen LogP contribution in [0.15, 0.2) is 60.3 Å². The molecular formula is C30H44N2O2. The molecule has 8 atom stereocenters. The van der Waals surface area contributed by atoms with E-state index in [1.807, 2.05) is 6.08 Å². The van der Waals surface area contributed by atoms with Gasteiger partial charge in [-0.2, -0.15) is 0 Å². The Balaban J connectivity index is 1.52.